The van der Waals surface area contributed by atoms with Gasteiger partial charge in [-0.3, -0.25) is 19.4 Å². The summed E-state index contributed by atoms with van der Waals surface area (Å²) in [6.07, 6.45) is 7.50. The van der Waals surface area contributed by atoms with Crippen molar-refractivity contribution in [3.8, 4) is 0 Å². The Morgan fingerprint density at radius 2 is 1.82 bits per heavy atom. The Bertz CT molecular complexity index is 1360. The lowest BCUT2D eigenvalue weighted by atomic mass is 10.1. The van der Waals surface area contributed by atoms with E-state index >= 15 is 0 Å². The number of aryl methyl sites for hydroxylation is 1. The Morgan fingerprint density at radius 1 is 1.10 bits per heavy atom. The summed E-state index contributed by atoms with van der Waals surface area (Å²) in [6.45, 7) is 12.8. The van der Waals surface area contributed by atoms with Gasteiger partial charge in [0.15, 0.2) is 11.5 Å². The van der Waals surface area contributed by atoms with Crippen molar-refractivity contribution in [3.05, 3.63) is 83.9 Å². The average molecular weight is 529 g/mol. The van der Waals surface area contributed by atoms with Gasteiger partial charge in [0, 0.05) is 52.7 Å². The molecule has 0 radical (unpaired) electrons. The molecule has 0 unspecified atom stereocenters. The Balaban J connectivity index is 1.20. The smallest absolute Gasteiger partial charge is 0.279 e. The molecule has 0 bridgehead atoms. The molecule has 4 heterocycles. The third-order valence-electron chi connectivity index (χ3n) is 7.59. The second kappa shape index (κ2) is 10.9. The van der Waals surface area contributed by atoms with Crippen LogP contribution in [0.1, 0.15) is 28.5 Å². The third kappa shape index (κ3) is 5.51. The lowest BCUT2D eigenvalue weighted by Gasteiger charge is -2.36. The minimum absolute atomic E-state index is 0.0444. The zero-order chi connectivity index (χ0) is 27.7. The van der Waals surface area contributed by atoms with Crippen LogP contribution in [0.4, 0.5) is 5.82 Å². The predicted molar refractivity (Wildman–Crippen MR) is 152 cm³/mol. The summed E-state index contributed by atoms with van der Waals surface area (Å²) in [6, 6.07) is 8.74. The van der Waals surface area contributed by atoms with Crippen LogP contribution in [-0.4, -0.2) is 82.2 Å². The first kappa shape index (κ1) is 26.4. The molecular formula is C29H36N8O2. The fourth-order valence-corrected chi connectivity index (χ4v) is 5.00. The number of piperazine rings is 1. The SMILES string of the molecule is C=C1N(C)C(=O)c2c(ncn2CC(=O)NC2=NC=C(N3CCN(Cc4ccc(C)cc4)CC3)C=C[C@@H]2C)N1C. The number of imidazole rings is 1. The number of hydrogen-bond acceptors (Lipinski definition) is 7. The number of hydrogen-bond donors (Lipinski definition) is 1. The van der Waals surface area contributed by atoms with Crippen molar-refractivity contribution in [2.45, 2.75) is 26.9 Å². The number of aromatic nitrogens is 2. The first-order chi connectivity index (χ1) is 18.7. The van der Waals surface area contributed by atoms with Crippen LogP contribution in [0.3, 0.4) is 0 Å². The molecule has 1 saturated heterocycles. The van der Waals surface area contributed by atoms with Crippen molar-refractivity contribution < 1.29 is 9.59 Å². The highest BCUT2D eigenvalue weighted by molar-refractivity contribution is 6.03. The van der Waals surface area contributed by atoms with Crippen LogP contribution in [0, 0.1) is 12.8 Å². The van der Waals surface area contributed by atoms with Gasteiger partial charge in [-0.2, -0.15) is 0 Å². The van der Waals surface area contributed by atoms with Gasteiger partial charge in [-0.05, 0) is 18.6 Å². The molecule has 1 atom stereocenters. The molecule has 1 aromatic heterocycles. The number of nitrogens with one attached hydrogen (secondary N) is 1. The summed E-state index contributed by atoms with van der Waals surface area (Å²) in [5, 5.41) is 2.95. The number of amidine groups is 1. The van der Waals surface area contributed by atoms with Crippen molar-refractivity contribution in [1.82, 2.24) is 29.6 Å². The molecule has 0 aliphatic carbocycles. The second-order valence-corrected chi connectivity index (χ2v) is 10.4. The fourth-order valence-electron chi connectivity index (χ4n) is 5.00. The summed E-state index contributed by atoms with van der Waals surface area (Å²) >= 11 is 0. The average Bonchev–Trinajstić information content (AvgIpc) is 3.26. The predicted octanol–water partition coefficient (Wildman–Crippen LogP) is 2.56. The molecule has 204 valence electrons. The second-order valence-electron chi connectivity index (χ2n) is 10.4. The van der Waals surface area contributed by atoms with E-state index in [4.69, 9.17) is 0 Å². The highest BCUT2D eigenvalue weighted by atomic mass is 16.2. The van der Waals surface area contributed by atoms with Gasteiger partial charge in [-0.1, -0.05) is 49.4 Å². The third-order valence-corrected chi connectivity index (χ3v) is 7.59. The maximum absolute atomic E-state index is 13.0. The topological polar surface area (TPSA) is 89.3 Å². The van der Waals surface area contributed by atoms with E-state index in [0.717, 1.165) is 38.4 Å². The molecule has 3 aliphatic rings. The number of anilines is 1. The van der Waals surface area contributed by atoms with Crippen molar-refractivity contribution >= 4 is 23.5 Å². The largest absolute Gasteiger partial charge is 0.368 e. The highest BCUT2D eigenvalue weighted by Gasteiger charge is 2.33. The van der Waals surface area contributed by atoms with E-state index in [1.165, 1.54) is 22.4 Å². The summed E-state index contributed by atoms with van der Waals surface area (Å²) < 4.78 is 1.57. The van der Waals surface area contributed by atoms with Crippen LogP contribution in [-0.2, 0) is 17.9 Å². The van der Waals surface area contributed by atoms with E-state index < -0.39 is 0 Å². The molecule has 0 spiro atoms. The monoisotopic (exact) mass is 528 g/mol. The Morgan fingerprint density at radius 3 is 2.54 bits per heavy atom. The van der Waals surface area contributed by atoms with Crippen LogP contribution in [0.25, 0.3) is 0 Å². The summed E-state index contributed by atoms with van der Waals surface area (Å²) in [7, 11) is 3.45. The molecule has 1 N–H and O–H groups in total. The van der Waals surface area contributed by atoms with E-state index in [-0.39, 0.29) is 24.3 Å². The molecule has 1 aromatic carbocycles. The van der Waals surface area contributed by atoms with Crippen LogP contribution in [0.2, 0.25) is 0 Å². The minimum atomic E-state index is -0.265. The molecule has 1 fully saturated rings. The Labute approximate surface area is 229 Å². The van der Waals surface area contributed by atoms with E-state index in [1.54, 1.807) is 23.6 Å². The number of benzene rings is 1. The maximum atomic E-state index is 13.0. The van der Waals surface area contributed by atoms with Gasteiger partial charge in [0.1, 0.15) is 18.2 Å². The van der Waals surface area contributed by atoms with Crippen molar-refractivity contribution in [2.75, 3.05) is 45.2 Å². The lowest BCUT2D eigenvalue weighted by molar-refractivity contribution is -0.120. The maximum Gasteiger partial charge on any atom is 0.279 e. The quantitative estimate of drug-likeness (QED) is 0.642. The normalized spacial score (nSPS) is 20.0. The van der Waals surface area contributed by atoms with Crippen molar-refractivity contribution in [2.24, 2.45) is 10.9 Å². The van der Waals surface area contributed by atoms with E-state index in [2.05, 4.69) is 75.0 Å². The van der Waals surface area contributed by atoms with Crippen LogP contribution in [0.15, 0.2) is 72.0 Å². The zero-order valence-corrected chi connectivity index (χ0v) is 23.1. The molecule has 5 rings (SSSR count). The number of allylic oxidation sites excluding steroid dienone is 1. The molecule has 3 aliphatic heterocycles. The van der Waals surface area contributed by atoms with Crippen molar-refractivity contribution in [3.63, 3.8) is 0 Å². The first-order valence-electron chi connectivity index (χ1n) is 13.3. The van der Waals surface area contributed by atoms with E-state index in [9.17, 15) is 9.59 Å². The number of nitrogens with zero attached hydrogens (tertiary/aromatic N) is 7. The molecular weight excluding hydrogens is 492 g/mol. The van der Waals surface area contributed by atoms with E-state index in [0.29, 0.717) is 23.2 Å². The van der Waals surface area contributed by atoms with Gasteiger partial charge in [0.2, 0.25) is 5.91 Å². The standard InChI is InChI=1S/C29H36N8O2/c1-20-6-9-23(10-7-20)17-35-12-14-36(15-13-35)24-11-8-21(2)27(30-16-24)32-25(38)18-37-19-31-28-26(37)29(39)34(5)22(3)33(28)4/h6-11,16,19,21H,3,12-15,17-18H2,1-2,4-5H3,(H,30,32,38)/t21-/m0/s1. The molecule has 10 heteroatoms. The first-order valence-corrected chi connectivity index (χ1v) is 13.3. The van der Waals surface area contributed by atoms with Gasteiger partial charge in [-0.15, -0.1) is 0 Å². The van der Waals surface area contributed by atoms with Crippen LogP contribution < -0.4 is 10.2 Å². The fraction of sp³-hybridized carbons (Fsp3) is 0.379. The van der Waals surface area contributed by atoms with Gasteiger partial charge >= 0.3 is 0 Å². The van der Waals surface area contributed by atoms with Crippen molar-refractivity contribution in [1.29, 1.82) is 0 Å². The van der Waals surface area contributed by atoms with Gasteiger partial charge in [0.05, 0.1) is 18.2 Å². The molecule has 0 saturated carbocycles. The Kier molecular flexibility index (Phi) is 7.38. The molecule has 10 nitrogen and oxygen atoms in total. The van der Waals surface area contributed by atoms with Gasteiger partial charge in [-0.25, -0.2) is 9.98 Å². The zero-order valence-electron chi connectivity index (χ0n) is 23.1. The summed E-state index contributed by atoms with van der Waals surface area (Å²) in [5.74, 6) is 1.03. The molecule has 2 amide bonds. The van der Waals surface area contributed by atoms with Gasteiger partial charge in [0.25, 0.3) is 5.91 Å². The minimum Gasteiger partial charge on any atom is -0.368 e. The lowest BCUT2D eigenvalue weighted by Crippen LogP contribution is -2.45. The summed E-state index contributed by atoms with van der Waals surface area (Å²) in [5.41, 5.74) is 4.03. The number of fused-ring (bicyclic) bond motifs is 1. The number of aliphatic imine (C=N–C) groups is 1. The van der Waals surface area contributed by atoms with Crippen LogP contribution >= 0.6 is 0 Å². The number of carbonyl (C=O) groups is 2. The molecule has 39 heavy (non-hydrogen) atoms. The number of amides is 2. The molecule has 2 aromatic rings. The number of carbonyl (C=O) groups excluding carboxylic acids is 2. The number of rotatable bonds is 5. The van der Waals surface area contributed by atoms with Crippen LogP contribution in [0.5, 0.6) is 0 Å². The van der Waals surface area contributed by atoms with E-state index in [1.807, 2.05) is 13.1 Å². The Hall–Kier alpha value is -4.18. The summed E-state index contributed by atoms with van der Waals surface area (Å²) in [4.78, 5) is 42.8. The highest BCUT2D eigenvalue weighted by Crippen LogP contribution is 2.28. The van der Waals surface area contributed by atoms with Gasteiger partial charge < -0.3 is 19.7 Å².